The normalized spacial score (nSPS) is 13.0. The lowest BCUT2D eigenvalue weighted by Gasteiger charge is -2.18. The molecule has 0 N–H and O–H groups in total. The lowest BCUT2D eigenvalue weighted by molar-refractivity contribution is -0.167. The molecule has 69 heavy (non-hydrogen) atoms. The molecule has 0 spiro atoms. The lowest BCUT2D eigenvalue weighted by Crippen LogP contribution is -2.30. The van der Waals surface area contributed by atoms with Crippen molar-refractivity contribution in [3.05, 3.63) is 122 Å². The van der Waals surface area contributed by atoms with Crippen LogP contribution in [0.25, 0.3) is 0 Å². The van der Waals surface area contributed by atoms with Crippen molar-refractivity contribution in [3.8, 4) is 0 Å². The summed E-state index contributed by atoms with van der Waals surface area (Å²) in [6, 6.07) is 0. The van der Waals surface area contributed by atoms with Crippen molar-refractivity contribution in [2.45, 2.75) is 245 Å². The van der Waals surface area contributed by atoms with Crippen LogP contribution in [-0.4, -0.2) is 37.2 Å². The molecule has 0 amide bonds. The summed E-state index contributed by atoms with van der Waals surface area (Å²) in [5, 5.41) is 0. The molecular weight excluding hydrogens is 853 g/mol. The van der Waals surface area contributed by atoms with Gasteiger partial charge < -0.3 is 14.2 Å². The number of hydrogen-bond donors (Lipinski definition) is 0. The van der Waals surface area contributed by atoms with Crippen LogP contribution in [0.2, 0.25) is 0 Å². The Kier molecular flexibility index (Phi) is 53.0. The molecule has 0 heterocycles. The van der Waals surface area contributed by atoms with Crippen LogP contribution < -0.4 is 0 Å². The summed E-state index contributed by atoms with van der Waals surface area (Å²) in [6.07, 6.45) is 77.7. The molecule has 0 fully saturated rings. The smallest absolute Gasteiger partial charge is 0.306 e. The van der Waals surface area contributed by atoms with Gasteiger partial charge in [-0.1, -0.05) is 245 Å². The Morgan fingerprint density at radius 1 is 0.304 bits per heavy atom. The Morgan fingerprint density at radius 2 is 0.565 bits per heavy atom. The van der Waals surface area contributed by atoms with E-state index >= 15 is 0 Å². The van der Waals surface area contributed by atoms with Crippen LogP contribution in [0.15, 0.2) is 122 Å². The number of carbonyl (C=O) groups is 3. The molecule has 0 bridgehead atoms. The third-order valence-electron chi connectivity index (χ3n) is 11.5. The average Bonchev–Trinajstić information content (AvgIpc) is 3.35. The van der Waals surface area contributed by atoms with Crippen LogP contribution >= 0.6 is 0 Å². The summed E-state index contributed by atoms with van der Waals surface area (Å²) >= 11 is 0. The van der Waals surface area contributed by atoms with Crippen molar-refractivity contribution >= 4 is 17.9 Å². The molecule has 0 aromatic carbocycles. The first-order valence-electron chi connectivity index (χ1n) is 28.0. The largest absolute Gasteiger partial charge is 0.462 e. The van der Waals surface area contributed by atoms with Gasteiger partial charge in [-0.3, -0.25) is 14.4 Å². The minimum atomic E-state index is -0.833. The Morgan fingerprint density at radius 3 is 0.884 bits per heavy atom. The summed E-state index contributed by atoms with van der Waals surface area (Å²) in [7, 11) is 0. The topological polar surface area (TPSA) is 78.9 Å². The van der Waals surface area contributed by atoms with Gasteiger partial charge in [-0.15, -0.1) is 0 Å². The van der Waals surface area contributed by atoms with E-state index in [4.69, 9.17) is 14.2 Å². The molecule has 0 aliphatic heterocycles. The highest BCUT2D eigenvalue weighted by Gasteiger charge is 2.19. The van der Waals surface area contributed by atoms with E-state index in [-0.39, 0.29) is 44.0 Å². The highest BCUT2D eigenvalue weighted by Crippen LogP contribution is 2.15. The highest BCUT2D eigenvalue weighted by atomic mass is 16.6. The molecule has 0 aromatic heterocycles. The minimum absolute atomic E-state index is 0.119. The van der Waals surface area contributed by atoms with Crippen molar-refractivity contribution in [1.82, 2.24) is 0 Å². The van der Waals surface area contributed by atoms with Crippen LogP contribution in [0.1, 0.15) is 239 Å². The van der Waals surface area contributed by atoms with Crippen molar-refractivity contribution in [1.29, 1.82) is 0 Å². The van der Waals surface area contributed by atoms with Gasteiger partial charge in [-0.05, 0) is 96.3 Å². The zero-order valence-corrected chi connectivity index (χ0v) is 44.5. The average molecular weight is 956 g/mol. The lowest BCUT2D eigenvalue weighted by atomic mass is 10.0. The van der Waals surface area contributed by atoms with Crippen LogP contribution in [0.5, 0.6) is 0 Å². The van der Waals surface area contributed by atoms with E-state index < -0.39 is 6.10 Å². The molecule has 0 saturated heterocycles. The summed E-state index contributed by atoms with van der Waals surface area (Å²) in [5.41, 5.74) is 0. The Hall–Kier alpha value is -4.19. The third kappa shape index (κ3) is 54.6. The van der Waals surface area contributed by atoms with E-state index in [0.717, 1.165) is 96.3 Å². The molecular formula is C63H102O6. The van der Waals surface area contributed by atoms with E-state index in [2.05, 4.69) is 142 Å². The molecule has 1 unspecified atom stereocenters. The van der Waals surface area contributed by atoms with Gasteiger partial charge in [0.15, 0.2) is 6.10 Å². The van der Waals surface area contributed by atoms with E-state index in [1.54, 1.807) is 0 Å². The molecule has 0 rings (SSSR count). The standard InChI is InChI=1S/C63H102O6/c1-4-7-10-13-16-19-22-25-28-31-34-37-40-43-46-49-52-55-61(64)67-58-60(69-63(66)57-54-51-48-45-42-39-36-33-30-27-24-21-18-15-12-9-6-3)59-68-62(65)56-53-50-47-44-41-38-35-32-29-26-23-20-17-14-11-8-5-2/h7,9-10,12,16,18-19,21,25,27-28,30,34,36-37,39,43,45-46,48,60H,4-6,8,11,13-15,17,20,22-24,26,29,31-33,35,38,40-42,44,47,49-59H2,1-3H3/b10-7-,12-9-,19-16-,21-18-,28-25-,30-27-,37-34-,39-36-,46-43-,48-45-. The van der Waals surface area contributed by atoms with Crippen molar-refractivity contribution in [2.24, 2.45) is 0 Å². The number of ether oxygens (including phenoxy) is 3. The summed E-state index contributed by atoms with van der Waals surface area (Å²) < 4.78 is 16.8. The third-order valence-corrected chi connectivity index (χ3v) is 11.5. The van der Waals surface area contributed by atoms with Crippen LogP contribution in [0, 0.1) is 0 Å². The number of esters is 3. The fourth-order valence-corrected chi connectivity index (χ4v) is 7.34. The highest BCUT2D eigenvalue weighted by molar-refractivity contribution is 5.71. The van der Waals surface area contributed by atoms with Crippen molar-refractivity contribution in [3.63, 3.8) is 0 Å². The van der Waals surface area contributed by atoms with E-state index in [1.807, 2.05) is 0 Å². The van der Waals surface area contributed by atoms with E-state index in [1.165, 1.54) is 89.9 Å². The summed E-state index contributed by atoms with van der Waals surface area (Å²) in [5.74, 6) is -1.04. The van der Waals surface area contributed by atoms with Gasteiger partial charge in [0.2, 0.25) is 0 Å². The van der Waals surface area contributed by atoms with Gasteiger partial charge in [0.25, 0.3) is 0 Å². The van der Waals surface area contributed by atoms with Crippen LogP contribution in [0.3, 0.4) is 0 Å². The molecule has 0 aromatic rings. The SMILES string of the molecule is CC/C=C\C/C=C\C/C=C\C/C=C\C/C=C\CCCC(=O)OCC(COC(=O)CCCCCCCCCCCCCCCCCCC)OC(=O)CCC/C=C\C/C=C\C/C=C\C/C=C\C/C=C\CC. The summed E-state index contributed by atoms with van der Waals surface area (Å²) in [4.78, 5) is 38.1. The second-order valence-corrected chi connectivity index (χ2v) is 18.1. The molecule has 0 aliphatic rings. The van der Waals surface area contributed by atoms with Gasteiger partial charge in [0.1, 0.15) is 13.2 Å². The predicted octanol–water partition coefficient (Wildman–Crippen LogP) is 18.9. The van der Waals surface area contributed by atoms with Crippen LogP contribution in [0.4, 0.5) is 0 Å². The fraction of sp³-hybridized carbons (Fsp3) is 0.635. The van der Waals surface area contributed by atoms with Gasteiger partial charge in [-0.25, -0.2) is 0 Å². The first-order valence-corrected chi connectivity index (χ1v) is 28.0. The second kappa shape index (κ2) is 56.4. The zero-order chi connectivity index (χ0) is 50.0. The van der Waals surface area contributed by atoms with Crippen LogP contribution in [-0.2, 0) is 28.6 Å². The monoisotopic (exact) mass is 955 g/mol. The Labute approximate surface area is 424 Å². The number of allylic oxidation sites excluding steroid dienone is 20. The maximum Gasteiger partial charge on any atom is 0.306 e. The van der Waals surface area contributed by atoms with Crippen molar-refractivity contribution in [2.75, 3.05) is 13.2 Å². The minimum Gasteiger partial charge on any atom is -0.462 e. The first-order chi connectivity index (χ1) is 34.0. The Balaban J connectivity index is 4.56. The number of unbranched alkanes of at least 4 members (excludes halogenated alkanes) is 18. The van der Waals surface area contributed by atoms with Gasteiger partial charge in [0.05, 0.1) is 0 Å². The van der Waals surface area contributed by atoms with E-state index in [9.17, 15) is 14.4 Å². The molecule has 6 nitrogen and oxygen atoms in total. The maximum absolute atomic E-state index is 12.8. The van der Waals surface area contributed by atoms with Gasteiger partial charge >= 0.3 is 17.9 Å². The maximum atomic E-state index is 12.8. The van der Waals surface area contributed by atoms with Crippen molar-refractivity contribution < 1.29 is 28.6 Å². The molecule has 0 saturated carbocycles. The van der Waals surface area contributed by atoms with Gasteiger partial charge in [0, 0.05) is 19.3 Å². The number of hydrogen-bond acceptors (Lipinski definition) is 6. The zero-order valence-electron chi connectivity index (χ0n) is 44.5. The molecule has 1 atom stereocenters. The van der Waals surface area contributed by atoms with Gasteiger partial charge in [-0.2, -0.15) is 0 Å². The molecule has 6 heteroatoms. The first kappa shape index (κ1) is 64.8. The predicted molar refractivity (Wildman–Crippen MR) is 297 cm³/mol. The quantitative estimate of drug-likeness (QED) is 0.0262. The Bertz CT molecular complexity index is 1470. The number of rotatable bonds is 49. The molecule has 0 aliphatic carbocycles. The molecule has 390 valence electrons. The molecule has 0 radical (unpaired) electrons. The fourth-order valence-electron chi connectivity index (χ4n) is 7.34. The number of carbonyl (C=O) groups excluding carboxylic acids is 3. The summed E-state index contributed by atoms with van der Waals surface area (Å²) in [6.45, 7) is 6.32. The second-order valence-electron chi connectivity index (χ2n) is 18.1. The van der Waals surface area contributed by atoms with E-state index in [0.29, 0.717) is 19.3 Å².